The van der Waals surface area contributed by atoms with Crippen molar-refractivity contribution in [3.8, 4) is 11.5 Å². The van der Waals surface area contributed by atoms with Gasteiger partial charge in [-0.25, -0.2) is 0 Å². The van der Waals surface area contributed by atoms with Gasteiger partial charge in [-0.15, -0.1) is 0 Å². The predicted octanol–water partition coefficient (Wildman–Crippen LogP) is 0.435. The molecular formula is C19H25IN2O4. The van der Waals surface area contributed by atoms with E-state index in [1.165, 1.54) is 5.56 Å². The van der Waals surface area contributed by atoms with Crippen molar-refractivity contribution >= 4 is 5.69 Å². The van der Waals surface area contributed by atoms with Crippen LogP contribution in [-0.2, 0) is 13.0 Å². The summed E-state index contributed by atoms with van der Waals surface area (Å²) >= 11 is 0. The van der Waals surface area contributed by atoms with Gasteiger partial charge in [-0.3, -0.25) is 10.1 Å². The third-order valence-corrected chi connectivity index (χ3v) is 4.21. The fraction of sp³-hybridized carbons (Fsp3) is 0.368. The van der Waals surface area contributed by atoms with Crippen LogP contribution in [0.25, 0.3) is 0 Å². The number of nitro groups is 1. The van der Waals surface area contributed by atoms with Gasteiger partial charge in [0.2, 0.25) is 0 Å². The van der Waals surface area contributed by atoms with Crippen LogP contribution >= 0.6 is 0 Å². The number of hydrogen-bond donors (Lipinski definition) is 0. The van der Waals surface area contributed by atoms with E-state index in [4.69, 9.17) is 9.47 Å². The van der Waals surface area contributed by atoms with E-state index in [-0.39, 0.29) is 34.6 Å². The second kappa shape index (κ2) is 9.72. The van der Waals surface area contributed by atoms with Crippen LogP contribution in [0.4, 0.5) is 5.69 Å². The molecule has 0 N–H and O–H groups in total. The van der Waals surface area contributed by atoms with Crippen LogP contribution in [0.5, 0.6) is 11.5 Å². The minimum absolute atomic E-state index is 0. The summed E-state index contributed by atoms with van der Waals surface area (Å²) in [4.78, 5) is 10.4. The summed E-state index contributed by atoms with van der Waals surface area (Å²) in [7, 11) is 7.57. The summed E-state index contributed by atoms with van der Waals surface area (Å²) in [6.45, 7) is 1.75. The molecule has 0 radical (unpaired) electrons. The first-order chi connectivity index (χ1) is 11.8. The maximum Gasteiger partial charge on any atom is 0.269 e. The van der Waals surface area contributed by atoms with Gasteiger partial charge >= 0.3 is 0 Å². The number of hydrogen-bond acceptors (Lipinski definition) is 4. The number of rotatable bonds is 8. The van der Waals surface area contributed by atoms with Crippen molar-refractivity contribution in [2.75, 3.05) is 34.9 Å². The molecule has 2 aromatic carbocycles. The zero-order chi connectivity index (χ0) is 18.4. The lowest BCUT2D eigenvalue weighted by Crippen LogP contribution is -3.00. The van der Waals surface area contributed by atoms with Gasteiger partial charge in [0, 0.05) is 24.1 Å². The fourth-order valence-corrected chi connectivity index (χ4v) is 2.76. The molecule has 0 amide bonds. The zero-order valence-electron chi connectivity index (χ0n) is 15.6. The van der Waals surface area contributed by atoms with Crippen LogP contribution in [0.15, 0.2) is 42.5 Å². The number of benzene rings is 2. The summed E-state index contributed by atoms with van der Waals surface area (Å²) in [5.41, 5.74) is 2.40. The molecule has 26 heavy (non-hydrogen) atoms. The molecule has 142 valence electrons. The molecule has 2 aromatic rings. The quantitative estimate of drug-likeness (QED) is 0.242. The highest BCUT2D eigenvalue weighted by Crippen LogP contribution is 2.28. The molecule has 0 aliphatic heterocycles. The average molecular weight is 472 g/mol. The highest BCUT2D eigenvalue weighted by molar-refractivity contribution is 5.42. The van der Waals surface area contributed by atoms with E-state index in [9.17, 15) is 10.1 Å². The first-order valence-corrected chi connectivity index (χ1v) is 8.11. The first-order valence-electron chi connectivity index (χ1n) is 8.11. The van der Waals surface area contributed by atoms with Crippen LogP contribution in [-0.4, -0.2) is 44.3 Å². The molecule has 0 aromatic heterocycles. The number of methoxy groups -OCH3 is 2. The summed E-state index contributed by atoms with van der Waals surface area (Å²) in [5.74, 6) is 1.46. The Hall–Kier alpha value is -1.87. The van der Waals surface area contributed by atoms with Crippen molar-refractivity contribution in [2.24, 2.45) is 0 Å². The van der Waals surface area contributed by atoms with Crippen LogP contribution in [0.3, 0.4) is 0 Å². The summed E-state index contributed by atoms with van der Waals surface area (Å²) in [6, 6.07) is 12.7. The molecule has 0 heterocycles. The van der Waals surface area contributed by atoms with E-state index in [0.717, 1.165) is 41.1 Å². The Kier molecular flexibility index (Phi) is 8.29. The van der Waals surface area contributed by atoms with Crippen molar-refractivity contribution in [2.45, 2.75) is 13.0 Å². The van der Waals surface area contributed by atoms with Gasteiger partial charge in [-0.2, -0.15) is 0 Å². The van der Waals surface area contributed by atoms with Gasteiger partial charge < -0.3 is 37.9 Å². The molecule has 7 heteroatoms. The zero-order valence-corrected chi connectivity index (χ0v) is 17.7. The van der Waals surface area contributed by atoms with Gasteiger partial charge in [0.1, 0.15) is 6.54 Å². The van der Waals surface area contributed by atoms with Crippen molar-refractivity contribution < 1.29 is 42.9 Å². The number of halogens is 1. The molecule has 6 nitrogen and oxygen atoms in total. The Balaban J connectivity index is 0.00000338. The van der Waals surface area contributed by atoms with Crippen LogP contribution < -0.4 is 33.5 Å². The lowest BCUT2D eigenvalue weighted by molar-refractivity contribution is -0.903. The maximum absolute atomic E-state index is 10.7. The standard InChI is InChI=1S/C19H25N2O4.HI/c1-21(2,14-16-5-8-17(9-6-16)20(22)23)12-11-15-7-10-18(24-3)19(13-15)25-4;/h5-10,13H,11-12,14H2,1-4H3;1H/q+1;/p-1. The number of nitrogens with zero attached hydrogens (tertiary/aromatic N) is 2. The van der Waals surface area contributed by atoms with E-state index >= 15 is 0 Å². The molecule has 0 atom stereocenters. The minimum atomic E-state index is -0.374. The van der Waals surface area contributed by atoms with Gasteiger partial charge in [0.15, 0.2) is 11.5 Å². The summed E-state index contributed by atoms with van der Waals surface area (Å²) < 4.78 is 11.4. The Morgan fingerprint density at radius 3 is 2.08 bits per heavy atom. The van der Waals surface area contributed by atoms with Crippen molar-refractivity contribution in [1.29, 1.82) is 0 Å². The van der Waals surface area contributed by atoms with E-state index in [1.54, 1.807) is 26.4 Å². The average Bonchev–Trinajstić information content (AvgIpc) is 2.59. The van der Waals surface area contributed by atoms with Gasteiger partial charge in [0.25, 0.3) is 5.69 Å². The summed E-state index contributed by atoms with van der Waals surface area (Å²) in [5, 5.41) is 10.7. The monoisotopic (exact) mass is 472 g/mol. The molecule has 0 saturated heterocycles. The molecule has 0 unspecified atom stereocenters. The number of non-ortho nitro benzene ring substituents is 1. The number of quaternary nitrogens is 1. The lowest BCUT2D eigenvalue weighted by Gasteiger charge is -2.30. The molecule has 0 saturated carbocycles. The fourth-order valence-electron chi connectivity index (χ4n) is 2.76. The summed E-state index contributed by atoms with van der Waals surface area (Å²) in [6.07, 6.45) is 0.903. The molecule has 0 bridgehead atoms. The third kappa shape index (κ3) is 6.14. The maximum atomic E-state index is 10.7. The lowest BCUT2D eigenvalue weighted by atomic mass is 10.1. The van der Waals surface area contributed by atoms with Gasteiger partial charge in [-0.05, 0) is 29.8 Å². The number of likely N-dealkylation sites (N-methyl/N-ethyl adjacent to an activating group) is 1. The van der Waals surface area contributed by atoms with Crippen LogP contribution in [0.2, 0.25) is 0 Å². The largest absolute Gasteiger partial charge is 1.00 e. The predicted molar refractivity (Wildman–Crippen MR) is 97.0 cm³/mol. The number of nitro benzene ring substituents is 1. The van der Waals surface area contributed by atoms with E-state index in [1.807, 2.05) is 30.3 Å². The molecule has 0 spiro atoms. The van der Waals surface area contributed by atoms with Gasteiger partial charge in [0.05, 0.1) is 39.8 Å². The van der Waals surface area contributed by atoms with Crippen molar-refractivity contribution in [3.63, 3.8) is 0 Å². The van der Waals surface area contributed by atoms with Gasteiger partial charge in [-0.1, -0.05) is 6.07 Å². The van der Waals surface area contributed by atoms with Crippen LogP contribution in [0, 0.1) is 10.1 Å². The second-order valence-electron chi connectivity index (χ2n) is 6.68. The molecule has 0 aliphatic carbocycles. The highest BCUT2D eigenvalue weighted by Gasteiger charge is 2.17. The Morgan fingerprint density at radius 1 is 0.962 bits per heavy atom. The molecule has 2 rings (SSSR count). The van der Waals surface area contributed by atoms with Crippen molar-refractivity contribution in [1.82, 2.24) is 0 Å². The highest BCUT2D eigenvalue weighted by atomic mass is 127. The Labute approximate surface area is 171 Å². The van der Waals surface area contributed by atoms with E-state index in [0.29, 0.717) is 0 Å². The Morgan fingerprint density at radius 2 is 1.54 bits per heavy atom. The SMILES string of the molecule is COc1ccc(CC[N+](C)(C)Cc2ccc([N+](=O)[O-])cc2)cc1OC.[I-]. The second-order valence-corrected chi connectivity index (χ2v) is 6.68. The number of ether oxygens (including phenoxy) is 2. The van der Waals surface area contributed by atoms with Crippen molar-refractivity contribution in [3.05, 3.63) is 63.7 Å². The normalized spacial score (nSPS) is 10.8. The van der Waals surface area contributed by atoms with E-state index < -0.39 is 0 Å². The smallest absolute Gasteiger partial charge is 0.269 e. The molecule has 0 fully saturated rings. The molecule has 0 aliphatic rings. The minimum Gasteiger partial charge on any atom is -1.00 e. The van der Waals surface area contributed by atoms with E-state index in [2.05, 4.69) is 14.1 Å². The topological polar surface area (TPSA) is 61.6 Å². The Bertz CT molecular complexity index is 733. The first kappa shape index (κ1) is 22.2. The molecular weight excluding hydrogens is 447 g/mol. The third-order valence-electron chi connectivity index (χ3n) is 4.21. The van der Waals surface area contributed by atoms with Crippen LogP contribution in [0.1, 0.15) is 11.1 Å².